The van der Waals surface area contributed by atoms with Crippen molar-refractivity contribution in [2.45, 2.75) is 6.92 Å². The molecule has 1 aromatic carbocycles. The van der Waals surface area contributed by atoms with Gasteiger partial charge in [0.2, 0.25) is 0 Å². The van der Waals surface area contributed by atoms with Crippen LogP contribution in [0.5, 0.6) is 0 Å². The summed E-state index contributed by atoms with van der Waals surface area (Å²) in [6, 6.07) is 7.57. The third-order valence-electron chi connectivity index (χ3n) is 1.69. The van der Waals surface area contributed by atoms with Gasteiger partial charge in [-0.2, -0.15) is 0 Å². The highest BCUT2D eigenvalue weighted by molar-refractivity contribution is 5.60. The highest BCUT2D eigenvalue weighted by Gasteiger charge is 1.97. The molecule has 13 heavy (non-hydrogen) atoms. The van der Waals surface area contributed by atoms with Crippen molar-refractivity contribution in [3.63, 3.8) is 0 Å². The van der Waals surface area contributed by atoms with Crippen LogP contribution in [0.1, 0.15) is 12.5 Å². The molecule has 0 saturated carbocycles. The molecule has 0 saturated heterocycles. The van der Waals surface area contributed by atoms with Gasteiger partial charge in [-0.05, 0) is 31.2 Å². The van der Waals surface area contributed by atoms with E-state index in [2.05, 4.69) is 12.0 Å². The zero-order valence-corrected chi connectivity index (χ0v) is 7.71. The Labute approximate surface area is 78.2 Å². The quantitative estimate of drug-likeness (QED) is 0.421. The number of nitrogens with two attached hydrogens (primary N) is 1. The van der Waals surface area contributed by atoms with Crippen LogP contribution >= 0.6 is 0 Å². The van der Waals surface area contributed by atoms with Gasteiger partial charge >= 0.3 is 0 Å². The molecule has 0 aromatic heterocycles. The molecular weight excluding hydrogens is 164 g/mol. The first-order valence-electron chi connectivity index (χ1n) is 4.16. The molecule has 0 aliphatic rings. The Morgan fingerprint density at radius 1 is 1.46 bits per heavy atom. The molecule has 0 aliphatic heterocycles. The number of rotatable bonds is 4. The van der Waals surface area contributed by atoms with E-state index in [9.17, 15) is 0 Å². The van der Waals surface area contributed by atoms with Crippen molar-refractivity contribution in [3.05, 3.63) is 36.4 Å². The first-order valence-corrected chi connectivity index (χ1v) is 4.16. The molecule has 1 aromatic rings. The van der Waals surface area contributed by atoms with Gasteiger partial charge in [0.1, 0.15) is 5.76 Å². The molecule has 0 unspecified atom stereocenters. The molecule has 0 spiro atoms. The molecule has 0 bridgehead atoms. The zero-order chi connectivity index (χ0) is 9.68. The second-order valence-electron chi connectivity index (χ2n) is 2.58. The maximum absolute atomic E-state index is 5.26. The van der Waals surface area contributed by atoms with Gasteiger partial charge in [0.05, 0.1) is 6.61 Å². The van der Waals surface area contributed by atoms with E-state index in [1.54, 1.807) is 0 Å². The third-order valence-corrected chi connectivity index (χ3v) is 1.69. The third kappa shape index (κ3) is 2.49. The lowest BCUT2D eigenvalue weighted by atomic mass is 10.2. The number of ether oxygens (including phenoxy) is 1. The standard InChI is InChI=1S/C10H14N2O/c1-3-13-8(2)9-4-6-10(12-11)7-5-9/h4-7,12H,2-3,11H2,1H3. The van der Waals surface area contributed by atoms with Gasteiger partial charge in [-0.1, -0.05) is 6.58 Å². The second kappa shape index (κ2) is 4.52. The van der Waals surface area contributed by atoms with E-state index >= 15 is 0 Å². The molecular formula is C10H14N2O. The minimum atomic E-state index is 0.635. The molecule has 70 valence electrons. The highest BCUT2D eigenvalue weighted by Crippen LogP contribution is 2.15. The van der Waals surface area contributed by atoms with Crippen LogP contribution in [0.25, 0.3) is 5.76 Å². The van der Waals surface area contributed by atoms with Crippen molar-refractivity contribution in [2.24, 2.45) is 5.84 Å². The predicted molar refractivity (Wildman–Crippen MR) is 54.9 cm³/mol. The summed E-state index contributed by atoms with van der Waals surface area (Å²) in [4.78, 5) is 0. The van der Waals surface area contributed by atoms with Gasteiger partial charge in [-0.15, -0.1) is 0 Å². The topological polar surface area (TPSA) is 47.3 Å². The van der Waals surface area contributed by atoms with Gasteiger partial charge in [-0.25, -0.2) is 0 Å². The number of nitrogens with one attached hydrogen (secondary N) is 1. The monoisotopic (exact) mass is 178 g/mol. The lowest BCUT2D eigenvalue weighted by Gasteiger charge is -2.07. The number of nitrogen functional groups attached to an aromatic ring is 1. The Balaban J connectivity index is 2.74. The number of benzene rings is 1. The van der Waals surface area contributed by atoms with Crippen LogP contribution in [0.2, 0.25) is 0 Å². The summed E-state index contributed by atoms with van der Waals surface area (Å²) in [5.41, 5.74) is 4.40. The lowest BCUT2D eigenvalue weighted by Crippen LogP contribution is -2.06. The number of hydrazine groups is 1. The van der Waals surface area contributed by atoms with E-state index in [-0.39, 0.29) is 0 Å². The Kier molecular flexibility index (Phi) is 3.34. The summed E-state index contributed by atoms with van der Waals surface area (Å²) >= 11 is 0. The molecule has 1 rings (SSSR count). The SMILES string of the molecule is C=C(OCC)c1ccc(NN)cc1. The van der Waals surface area contributed by atoms with Crippen LogP contribution in [0, 0.1) is 0 Å². The molecule has 0 radical (unpaired) electrons. The van der Waals surface area contributed by atoms with E-state index < -0.39 is 0 Å². The molecule has 0 aliphatic carbocycles. The molecule has 0 atom stereocenters. The molecule has 0 heterocycles. The van der Waals surface area contributed by atoms with Crippen molar-refractivity contribution >= 4 is 11.4 Å². The van der Waals surface area contributed by atoms with Crippen LogP contribution in [0.3, 0.4) is 0 Å². The first kappa shape index (κ1) is 9.61. The zero-order valence-electron chi connectivity index (χ0n) is 7.71. The summed E-state index contributed by atoms with van der Waals surface area (Å²) < 4.78 is 5.26. The minimum absolute atomic E-state index is 0.635. The van der Waals surface area contributed by atoms with E-state index in [0.29, 0.717) is 12.4 Å². The summed E-state index contributed by atoms with van der Waals surface area (Å²) in [6.07, 6.45) is 0. The van der Waals surface area contributed by atoms with Gasteiger partial charge in [0.25, 0.3) is 0 Å². The normalized spacial score (nSPS) is 9.38. The van der Waals surface area contributed by atoms with Crippen molar-refractivity contribution in [3.8, 4) is 0 Å². The van der Waals surface area contributed by atoms with Crippen molar-refractivity contribution < 1.29 is 4.74 Å². The summed E-state index contributed by atoms with van der Waals surface area (Å²) in [7, 11) is 0. The minimum Gasteiger partial charge on any atom is -0.494 e. The smallest absolute Gasteiger partial charge is 0.119 e. The Morgan fingerprint density at radius 3 is 2.54 bits per heavy atom. The van der Waals surface area contributed by atoms with E-state index in [1.165, 1.54) is 0 Å². The Hall–Kier alpha value is -1.48. The van der Waals surface area contributed by atoms with Gasteiger partial charge in [0, 0.05) is 11.3 Å². The van der Waals surface area contributed by atoms with Crippen LogP contribution in [0.15, 0.2) is 30.8 Å². The average molecular weight is 178 g/mol. The first-order chi connectivity index (χ1) is 6.27. The summed E-state index contributed by atoms with van der Waals surface area (Å²) in [5, 5.41) is 0. The van der Waals surface area contributed by atoms with Crippen LogP contribution in [0.4, 0.5) is 5.69 Å². The van der Waals surface area contributed by atoms with Gasteiger partial charge in [-0.3, -0.25) is 5.84 Å². The lowest BCUT2D eigenvalue weighted by molar-refractivity contribution is 0.299. The van der Waals surface area contributed by atoms with Crippen LogP contribution < -0.4 is 11.3 Å². The maximum Gasteiger partial charge on any atom is 0.119 e. The molecule has 0 fully saturated rings. The van der Waals surface area contributed by atoms with E-state index in [4.69, 9.17) is 10.6 Å². The molecule has 0 amide bonds. The van der Waals surface area contributed by atoms with Crippen molar-refractivity contribution in [1.29, 1.82) is 0 Å². The number of hydrogen-bond acceptors (Lipinski definition) is 3. The Morgan fingerprint density at radius 2 is 2.08 bits per heavy atom. The van der Waals surface area contributed by atoms with Gasteiger partial charge in [0.15, 0.2) is 0 Å². The summed E-state index contributed by atoms with van der Waals surface area (Å²) in [6.45, 7) is 6.36. The highest BCUT2D eigenvalue weighted by atomic mass is 16.5. The van der Waals surface area contributed by atoms with Crippen molar-refractivity contribution in [2.75, 3.05) is 12.0 Å². The van der Waals surface area contributed by atoms with Crippen LogP contribution in [-0.4, -0.2) is 6.61 Å². The van der Waals surface area contributed by atoms with E-state index in [0.717, 1.165) is 11.3 Å². The summed E-state index contributed by atoms with van der Waals surface area (Å²) in [5.74, 6) is 5.92. The fourth-order valence-electron chi connectivity index (χ4n) is 1.01. The fourth-order valence-corrected chi connectivity index (χ4v) is 1.01. The molecule has 3 N–H and O–H groups in total. The average Bonchev–Trinajstić information content (AvgIpc) is 2.18. The van der Waals surface area contributed by atoms with Gasteiger partial charge < -0.3 is 10.2 Å². The maximum atomic E-state index is 5.26. The number of anilines is 1. The van der Waals surface area contributed by atoms with E-state index in [1.807, 2.05) is 31.2 Å². The van der Waals surface area contributed by atoms with Crippen molar-refractivity contribution in [1.82, 2.24) is 0 Å². The second-order valence-corrected chi connectivity index (χ2v) is 2.58. The molecule has 3 nitrogen and oxygen atoms in total. The Bertz CT molecular complexity index is 279. The largest absolute Gasteiger partial charge is 0.494 e. The predicted octanol–water partition coefficient (Wildman–Crippen LogP) is 1.98. The molecule has 3 heteroatoms. The number of hydrogen-bond donors (Lipinski definition) is 2. The fraction of sp³-hybridized carbons (Fsp3) is 0.200. The van der Waals surface area contributed by atoms with Crippen LogP contribution in [-0.2, 0) is 4.74 Å².